The van der Waals surface area contributed by atoms with Crippen LogP contribution >= 0.6 is 0 Å². The van der Waals surface area contributed by atoms with Crippen LogP contribution in [-0.4, -0.2) is 24.3 Å². The molecule has 0 atom stereocenters. The number of aldehydes is 1. The number of carbonyl (C=O) groups excluding carboxylic acids is 1. The number of furan rings is 1. The number of hydrogen-bond donors (Lipinski definition) is 0. The molecule has 2 heterocycles. The topological polar surface area (TPSA) is 33.5 Å². The summed E-state index contributed by atoms with van der Waals surface area (Å²) < 4.78 is 5.35. The van der Waals surface area contributed by atoms with Crippen molar-refractivity contribution in [1.29, 1.82) is 0 Å². The molecule has 0 spiro atoms. The molecule has 1 aromatic rings. The van der Waals surface area contributed by atoms with Crippen LogP contribution in [0.25, 0.3) is 0 Å². The molecule has 2 rings (SSSR count). The molecule has 1 saturated heterocycles. The third-order valence-corrected chi connectivity index (χ3v) is 3.05. The second-order valence-electron chi connectivity index (χ2n) is 4.38. The standard InChI is InChI=1S/C12H17NO2/c1-10-4-6-13(7-5-10)8-11-2-3-12(9-14)15-11/h2-3,9-10H,4-8H2,1H3. The molecule has 82 valence electrons. The summed E-state index contributed by atoms with van der Waals surface area (Å²) in [5.74, 6) is 2.17. The summed E-state index contributed by atoms with van der Waals surface area (Å²) >= 11 is 0. The molecular formula is C12H17NO2. The van der Waals surface area contributed by atoms with E-state index < -0.39 is 0 Å². The third kappa shape index (κ3) is 2.69. The predicted molar refractivity (Wildman–Crippen MR) is 57.8 cm³/mol. The third-order valence-electron chi connectivity index (χ3n) is 3.05. The van der Waals surface area contributed by atoms with Crippen molar-refractivity contribution in [2.75, 3.05) is 13.1 Å². The van der Waals surface area contributed by atoms with Crippen molar-refractivity contribution in [2.24, 2.45) is 5.92 Å². The first kappa shape index (κ1) is 10.4. The van der Waals surface area contributed by atoms with E-state index in [9.17, 15) is 4.79 Å². The van der Waals surface area contributed by atoms with Gasteiger partial charge in [-0.15, -0.1) is 0 Å². The Bertz CT molecular complexity index is 324. The molecule has 3 heteroatoms. The van der Waals surface area contributed by atoms with Crippen molar-refractivity contribution in [3.63, 3.8) is 0 Å². The summed E-state index contributed by atoms with van der Waals surface area (Å²) in [6.07, 6.45) is 3.28. The van der Waals surface area contributed by atoms with E-state index >= 15 is 0 Å². The molecule has 15 heavy (non-hydrogen) atoms. The highest BCUT2D eigenvalue weighted by Gasteiger charge is 2.16. The smallest absolute Gasteiger partial charge is 0.185 e. The van der Waals surface area contributed by atoms with Gasteiger partial charge in [0.2, 0.25) is 0 Å². The molecule has 0 aliphatic carbocycles. The molecule has 0 aromatic carbocycles. The Labute approximate surface area is 90.1 Å². The van der Waals surface area contributed by atoms with E-state index in [1.165, 1.54) is 12.8 Å². The molecule has 0 N–H and O–H groups in total. The number of likely N-dealkylation sites (tertiary alicyclic amines) is 1. The lowest BCUT2D eigenvalue weighted by Crippen LogP contribution is -2.32. The lowest BCUT2D eigenvalue weighted by molar-refractivity contribution is 0.109. The zero-order valence-corrected chi connectivity index (χ0v) is 9.11. The number of rotatable bonds is 3. The van der Waals surface area contributed by atoms with Crippen molar-refractivity contribution in [1.82, 2.24) is 4.90 Å². The first-order valence-electron chi connectivity index (χ1n) is 5.54. The Hall–Kier alpha value is -1.09. The number of hydrogen-bond acceptors (Lipinski definition) is 3. The van der Waals surface area contributed by atoms with Crippen LogP contribution in [-0.2, 0) is 6.54 Å². The minimum Gasteiger partial charge on any atom is -0.457 e. The van der Waals surface area contributed by atoms with Gasteiger partial charge in [-0.05, 0) is 44.0 Å². The van der Waals surface area contributed by atoms with Crippen LogP contribution in [0.5, 0.6) is 0 Å². The Morgan fingerprint density at radius 1 is 1.47 bits per heavy atom. The first-order chi connectivity index (χ1) is 7.28. The van der Waals surface area contributed by atoms with E-state index in [1.807, 2.05) is 6.07 Å². The van der Waals surface area contributed by atoms with E-state index in [0.717, 1.165) is 37.6 Å². The van der Waals surface area contributed by atoms with Crippen LogP contribution in [0.15, 0.2) is 16.5 Å². The fraction of sp³-hybridized carbons (Fsp3) is 0.583. The second-order valence-corrected chi connectivity index (χ2v) is 4.38. The molecule has 0 bridgehead atoms. The molecule has 1 aliphatic heterocycles. The number of carbonyl (C=O) groups is 1. The Balaban J connectivity index is 1.88. The summed E-state index contributed by atoms with van der Waals surface area (Å²) in [6, 6.07) is 3.62. The average Bonchev–Trinajstić information content (AvgIpc) is 2.69. The van der Waals surface area contributed by atoms with Crippen LogP contribution in [0.3, 0.4) is 0 Å². The highest BCUT2D eigenvalue weighted by Crippen LogP contribution is 2.18. The molecule has 1 aromatic heterocycles. The average molecular weight is 207 g/mol. The maximum absolute atomic E-state index is 10.4. The zero-order chi connectivity index (χ0) is 10.7. The summed E-state index contributed by atoms with van der Waals surface area (Å²) in [5.41, 5.74) is 0. The maximum Gasteiger partial charge on any atom is 0.185 e. The summed E-state index contributed by atoms with van der Waals surface area (Å²) in [7, 11) is 0. The molecule has 0 amide bonds. The fourth-order valence-electron chi connectivity index (χ4n) is 1.98. The molecular weight excluding hydrogens is 190 g/mol. The van der Waals surface area contributed by atoms with Crippen molar-refractivity contribution < 1.29 is 9.21 Å². The van der Waals surface area contributed by atoms with Crippen LogP contribution in [0.2, 0.25) is 0 Å². The second kappa shape index (κ2) is 4.62. The van der Waals surface area contributed by atoms with Crippen LogP contribution in [0, 0.1) is 5.92 Å². The summed E-state index contributed by atoms with van der Waals surface area (Å²) in [5, 5.41) is 0. The molecule has 0 radical (unpaired) electrons. The van der Waals surface area contributed by atoms with E-state index in [1.54, 1.807) is 6.07 Å². The van der Waals surface area contributed by atoms with Gasteiger partial charge in [0.15, 0.2) is 12.0 Å². The van der Waals surface area contributed by atoms with Gasteiger partial charge < -0.3 is 4.42 Å². The fourth-order valence-corrected chi connectivity index (χ4v) is 1.98. The predicted octanol–water partition coefficient (Wildman–Crippen LogP) is 2.32. The zero-order valence-electron chi connectivity index (χ0n) is 9.11. The Morgan fingerprint density at radius 2 is 2.20 bits per heavy atom. The molecule has 3 nitrogen and oxygen atoms in total. The monoisotopic (exact) mass is 207 g/mol. The van der Waals surface area contributed by atoms with Crippen molar-refractivity contribution in [3.05, 3.63) is 23.7 Å². The van der Waals surface area contributed by atoms with E-state index in [-0.39, 0.29) is 0 Å². The lowest BCUT2D eigenvalue weighted by atomic mass is 9.99. The minimum absolute atomic E-state index is 0.426. The first-order valence-corrected chi connectivity index (χ1v) is 5.54. The summed E-state index contributed by atoms with van der Waals surface area (Å²) in [6.45, 7) is 5.41. The van der Waals surface area contributed by atoms with E-state index in [4.69, 9.17) is 4.42 Å². The van der Waals surface area contributed by atoms with Gasteiger partial charge in [0.25, 0.3) is 0 Å². The van der Waals surface area contributed by atoms with E-state index in [0.29, 0.717) is 5.76 Å². The van der Waals surface area contributed by atoms with Crippen molar-refractivity contribution >= 4 is 6.29 Å². The Kier molecular flexibility index (Phi) is 3.21. The maximum atomic E-state index is 10.4. The molecule has 0 saturated carbocycles. The van der Waals surface area contributed by atoms with Gasteiger partial charge in [-0.3, -0.25) is 9.69 Å². The lowest BCUT2D eigenvalue weighted by Gasteiger charge is -2.29. The van der Waals surface area contributed by atoms with E-state index in [2.05, 4.69) is 11.8 Å². The molecule has 1 fully saturated rings. The van der Waals surface area contributed by atoms with Crippen molar-refractivity contribution in [3.8, 4) is 0 Å². The number of nitrogens with zero attached hydrogens (tertiary/aromatic N) is 1. The molecule has 1 aliphatic rings. The summed E-state index contributed by atoms with van der Waals surface area (Å²) in [4.78, 5) is 12.8. The van der Waals surface area contributed by atoms with Gasteiger partial charge in [0.05, 0.1) is 6.54 Å². The van der Waals surface area contributed by atoms with Crippen LogP contribution < -0.4 is 0 Å². The highest BCUT2D eigenvalue weighted by atomic mass is 16.3. The van der Waals surface area contributed by atoms with Gasteiger partial charge in [-0.2, -0.15) is 0 Å². The van der Waals surface area contributed by atoms with Crippen molar-refractivity contribution in [2.45, 2.75) is 26.3 Å². The normalized spacial score (nSPS) is 19.3. The minimum atomic E-state index is 0.426. The van der Waals surface area contributed by atoms with Gasteiger partial charge in [-0.1, -0.05) is 6.92 Å². The van der Waals surface area contributed by atoms with Crippen LogP contribution in [0.1, 0.15) is 36.1 Å². The Morgan fingerprint density at radius 3 is 2.80 bits per heavy atom. The van der Waals surface area contributed by atoms with Crippen LogP contribution in [0.4, 0.5) is 0 Å². The van der Waals surface area contributed by atoms with Gasteiger partial charge in [-0.25, -0.2) is 0 Å². The van der Waals surface area contributed by atoms with Gasteiger partial charge in [0, 0.05) is 0 Å². The van der Waals surface area contributed by atoms with Gasteiger partial charge >= 0.3 is 0 Å². The number of piperidine rings is 1. The molecule has 0 unspecified atom stereocenters. The largest absolute Gasteiger partial charge is 0.457 e. The van der Waals surface area contributed by atoms with Gasteiger partial charge in [0.1, 0.15) is 5.76 Å². The SMILES string of the molecule is CC1CCN(Cc2ccc(C=O)o2)CC1. The highest BCUT2D eigenvalue weighted by molar-refractivity contribution is 5.70. The quantitative estimate of drug-likeness (QED) is 0.713.